The van der Waals surface area contributed by atoms with Crippen LogP contribution in [-0.2, 0) is 28.6 Å². The Morgan fingerprint density at radius 2 is 0.582 bits per heavy atom. The molecule has 0 aromatic carbocycles. The molecule has 0 bridgehead atoms. The zero-order valence-corrected chi connectivity index (χ0v) is 43.6. The number of esters is 3. The van der Waals surface area contributed by atoms with Crippen LogP contribution in [0.3, 0.4) is 0 Å². The summed E-state index contributed by atoms with van der Waals surface area (Å²) in [7, 11) is 0. The van der Waals surface area contributed by atoms with Gasteiger partial charge < -0.3 is 14.2 Å². The molecule has 6 nitrogen and oxygen atoms in total. The van der Waals surface area contributed by atoms with Crippen LogP contribution < -0.4 is 0 Å². The van der Waals surface area contributed by atoms with Crippen molar-refractivity contribution < 1.29 is 28.6 Å². The Bertz CT molecular complexity index is 1350. The highest BCUT2D eigenvalue weighted by atomic mass is 16.6. The van der Waals surface area contributed by atoms with E-state index in [1.54, 1.807) is 0 Å². The molecule has 0 rings (SSSR count). The highest BCUT2D eigenvalue weighted by Crippen LogP contribution is 2.15. The Morgan fingerprint density at radius 3 is 0.925 bits per heavy atom. The topological polar surface area (TPSA) is 78.9 Å². The predicted molar refractivity (Wildman–Crippen MR) is 288 cm³/mol. The van der Waals surface area contributed by atoms with Gasteiger partial charge in [-0.15, -0.1) is 0 Å². The van der Waals surface area contributed by atoms with Crippen molar-refractivity contribution in [3.05, 3.63) is 97.2 Å². The molecule has 1 atom stereocenters. The van der Waals surface area contributed by atoms with E-state index in [-0.39, 0.29) is 31.1 Å². The summed E-state index contributed by atoms with van der Waals surface area (Å²) >= 11 is 0. The van der Waals surface area contributed by atoms with Gasteiger partial charge in [-0.25, -0.2) is 0 Å². The Hall–Kier alpha value is -3.67. The lowest BCUT2D eigenvalue weighted by Gasteiger charge is -2.18. The second kappa shape index (κ2) is 54.9. The third kappa shape index (κ3) is 53.2. The molecular weight excluding hydrogens is 829 g/mol. The largest absolute Gasteiger partial charge is 0.462 e. The number of unbranched alkanes of at least 4 members (excludes halogenated alkanes) is 22. The van der Waals surface area contributed by atoms with E-state index in [1.165, 1.54) is 96.3 Å². The number of carbonyl (C=O) groups is 3. The standard InChI is InChI=1S/C61H102O6/c1-4-7-10-13-16-19-21-23-24-25-26-27-28-29-30-31-32-33-34-35-36-38-39-42-45-48-51-54-60(63)66-57-58(56-65-59(62)53-50-47-44-41-18-15-12-9-6-3)67-61(64)55-52-49-46-43-40-37-22-20-17-14-11-8-5-2/h7-8,10-11,16-17,19-20,23-24,26-27,29-30,37,40,58H,4-6,9,12-15,18,21-22,25,28,31-36,38-39,41-57H2,1-3H3/b10-7-,11-8-,19-16-,20-17-,24-23-,27-26-,30-29-,40-37-. The van der Waals surface area contributed by atoms with Crippen molar-refractivity contribution in [3.8, 4) is 0 Å². The molecule has 0 aromatic rings. The van der Waals surface area contributed by atoms with E-state index >= 15 is 0 Å². The molecule has 0 saturated heterocycles. The summed E-state index contributed by atoms with van der Waals surface area (Å²) in [5, 5.41) is 0. The van der Waals surface area contributed by atoms with E-state index in [0.29, 0.717) is 19.3 Å². The van der Waals surface area contributed by atoms with Crippen molar-refractivity contribution in [1.82, 2.24) is 0 Å². The molecule has 0 radical (unpaired) electrons. The van der Waals surface area contributed by atoms with Gasteiger partial charge in [0.05, 0.1) is 0 Å². The summed E-state index contributed by atoms with van der Waals surface area (Å²) in [6.07, 6.45) is 72.7. The van der Waals surface area contributed by atoms with Crippen LogP contribution in [0.4, 0.5) is 0 Å². The summed E-state index contributed by atoms with van der Waals surface area (Å²) in [5.41, 5.74) is 0. The van der Waals surface area contributed by atoms with Crippen molar-refractivity contribution in [2.45, 2.75) is 258 Å². The normalized spacial score (nSPS) is 12.8. The second-order valence-electron chi connectivity index (χ2n) is 18.1. The quantitative estimate of drug-likeness (QED) is 0.0262. The molecule has 0 heterocycles. The lowest BCUT2D eigenvalue weighted by atomic mass is 10.0. The third-order valence-corrected chi connectivity index (χ3v) is 11.6. The summed E-state index contributed by atoms with van der Waals surface area (Å²) in [6.45, 7) is 6.36. The number of carbonyl (C=O) groups excluding carboxylic acids is 3. The first-order valence-electron chi connectivity index (χ1n) is 27.7. The molecule has 0 saturated carbocycles. The van der Waals surface area contributed by atoms with E-state index in [9.17, 15) is 14.4 Å². The van der Waals surface area contributed by atoms with Crippen LogP contribution in [-0.4, -0.2) is 37.2 Å². The molecule has 1 unspecified atom stereocenters. The first kappa shape index (κ1) is 63.3. The van der Waals surface area contributed by atoms with Crippen LogP contribution in [0.2, 0.25) is 0 Å². The first-order valence-corrected chi connectivity index (χ1v) is 27.7. The monoisotopic (exact) mass is 931 g/mol. The lowest BCUT2D eigenvalue weighted by molar-refractivity contribution is -0.167. The highest BCUT2D eigenvalue weighted by Gasteiger charge is 2.19. The fourth-order valence-electron chi connectivity index (χ4n) is 7.48. The molecule has 0 aliphatic heterocycles. The summed E-state index contributed by atoms with van der Waals surface area (Å²) in [6, 6.07) is 0. The lowest BCUT2D eigenvalue weighted by Crippen LogP contribution is -2.30. The van der Waals surface area contributed by atoms with E-state index in [2.05, 4.69) is 118 Å². The molecule has 0 aliphatic rings. The molecule has 0 amide bonds. The van der Waals surface area contributed by atoms with Gasteiger partial charge in [0.25, 0.3) is 0 Å². The minimum absolute atomic E-state index is 0.0888. The minimum Gasteiger partial charge on any atom is -0.462 e. The van der Waals surface area contributed by atoms with Crippen LogP contribution in [0, 0.1) is 0 Å². The van der Waals surface area contributed by atoms with Crippen LogP contribution in [0.25, 0.3) is 0 Å². The Balaban J connectivity index is 4.21. The average Bonchev–Trinajstić information content (AvgIpc) is 3.33. The number of hydrogen-bond acceptors (Lipinski definition) is 6. The van der Waals surface area contributed by atoms with Crippen molar-refractivity contribution >= 4 is 17.9 Å². The zero-order chi connectivity index (χ0) is 48.6. The Morgan fingerprint density at radius 1 is 0.313 bits per heavy atom. The van der Waals surface area contributed by atoms with E-state index < -0.39 is 6.10 Å². The number of hydrogen-bond donors (Lipinski definition) is 0. The predicted octanol–water partition coefficient (Wildman–Crippen LogP) is 18.5. The SMILES string of the molecule is CC/C=C\C/C=C\C/C=C\C/C=C\C/C=C\CCCCCCCCCCCCCC(=O)OCC(COC(=O)CCCCCCCCCCC)OC(=O)CCCCC/C=C\C/C=C\C/C=C\CC. The van der Waals surface area contributed by atoms with Crippen molar-refractivity contribution in [2.24, 2.45) is 0 Å². The average molecular weight is 931 g/mol. The van der Waals surface area contributed by atoms with Crippen LogP contribution >= 0.6 is 0 Å². The molecule has 0 aromatic heterocycles. The smallest absolute Gasteiger partial charge is 0.306 e. The van der Waals surface area contributed by atoms with E-state index in [4.69, 9.17) is 14.2 Å². The van der Waals surface area contributed by atoms with Crippen LogP contribution in [0.15, 0.2) is 97.2 Å². The Kier molecular flexibility index (Phi) is 51.9. The van der Waals surface area contributed by atoms with Gasteiger partial charge in [-0.3, -0.25) is 14.4 Å². The Labute approximate surface area is 413 Å². The van der Waals surface area contributed by atoms with Crippen molar-refractivity contribution in [1.29, 1.82) is 0 Å². The van der Waals surface area contributed by atoms with Crippen molar-refractivity contribution in [3.63, 3.8) is 0 Å². The van der Waals surface area contributed by atoms with Gasteiger partial charge in [0, 0.05) is 19.3 Å². The van der Waals surface area contributed by atoms with Crippen LogP contribution in [0.1, 0.15) is 252 Å². The molecule has 6 heteroatoms. The fraction of sp³-hybridized carbons (Fsp3) is 0.689. The van der Waals surface area contributed by atoms with Gasteiger partial charge in [-0.05, 0) is 96.3 Å². The molecule has 0 N–H and O–H groups in total. The maximum Gasteiger partial charge on any atom is 0.306 e. The zero-order valence-electron chi connectivity index (χ0n) is 43.6. The van der Waals surface area contributed by atoms with E-state index in [1.807, 2.05) is 0 Å². The fourth-order valence-corrected chi connectivity index (χ4v) is 7.48. The summed E-state index contributed by atoms with van der Waals surface area (Å²) in [4.78, 5) is 37.9. The van der Waals surface area contributed by atoms with Gasteiger partial charge in [0.2, 0.25) is 0 Å². The third-order valence-electron chi connectivity index (χ3n) is 11.6. The number of ether oxygens (including phenoxy) is 3. The van der Waals surface area contributed by atoms with Crippen molar-refractivity contribution in [2.75, 3.05) is 13.2 Å². The first-order chi connectivity index (χ1) is 33.0. The maximum atomic E-state index is 12.8. The maximum absolute atomic E-state index is 12.8. The van der Waals surface area contributed by atoms with Gasteiger partial charge >= 0.3 is 17.9 Å². The second-order valence-corrected chi connectivity index (χ2v) is 18.1. The molecule has 67 heavy (non-hydrogen) atoms. The molecule has 0 aliphatic carbocycles. The summed E-state index contributed by atoms with van der Waals surface area (Å²) < 4.78 is 16.8. The summed E-state index contributed by atoms with van der Waals surface area (Å²) in [5.74, 6) is -0.924. The van der Waals surface area contributed by atoms with Crippen LogP contribution in [0.5, 0.6) is 0 Å². The van der Waals surface area contributed by atoms with E-state index in [0.717, 1.165) is 116 Å². The molecular formula is C61H102O6. The molecule has 0 spiro atoms. The van der Waals surface area contributed by atoms with Gasteiger partial charge in [0.1, 0.15) is 13.2 Å². The van der Waals surface area contributed by atoms with Gasteiger partial charge in [-0.2, -0.15) is 0 Å². The number of allylic oxidation sites excluding steroid dienone is 16. The van der Waals surface area contributed by atoms with Gasteiger partial charge in [-0.1, -0.05) is 234 Å². The highest BCUT2D eigenvalue weighted by molar-refractivity contribution is 5.71. The van der Waals surface area contributed by atoms with Gasteiger partial charge in [0.15, 0.2) is 6.10 Å². The minimum atomic E-state index is -0.791. The number of rotatable bonds is 49. The molecule has 0 fully saturated rings. The molecule has 382 valence electrons.